The van der Waals surface area contributed by atoms with Crippen LogP contribution in [0.4, 0.5) is 0 Å². The zero-order chi connectivity index (χ0) is 9.56. The van der Waals surface area contributed by atoms with Crippen LogP contribution < -0.4 is 0 Å². The summed E-state index contributed by atoms with van der Waals surface area (Å²) in [7, 11) is 0. The summed E-state index contributed by atoms with van der Waals surface area (Å²) in [5.74, 6) is 0. The van der Waals surface area contributed by atoms with Crippen LogP contribution in [0.5, 0.6) is 0 Å². The minimum atomic E-state index is -0.507. The second-order valence-electron chi connectivity index (χ2n) is 3.28. The molecule has 1 N–H and O–H groups in total. The molecule has 12 heavy (non-hydrogen) atoms. The Hall–Kier alpha value is 0.209. The maximum absolute atomic E-state index is 7.82. The van der Waals surface area contributed by atoms with E-state index in [1.54, 1.807) is 0 Å². The van der Waals surface area contributed by atoms with Crippen molar-refractivity contribution in [3.05, 3.63) is 11.1 Å². The number of unbranched alkanes of at least 4 members (excludes halogenated alkanes) is 1. The van der Waals surface area contributed by atoms with Crippen molar-refractivity contribution in [3.63, 3.8) is 0 Å². The summed E-state index contributed by atoms with van der Waals surface area (Å²) >= 11 is -0.507. The molecule has 0 unspecified atom stereocenters. The summed E-state index contributed by atoms with van der Waals surface area (Å²) in [6.07, 6.45) is 2.60. The Balaban J connectivity index is 3.81. The van der Waals surface area contributed by atoms with Gasteiger partial charge < -0.3 is 0 Å². The van der Waals surface area contributed by atoms with Crippen molar-refractivity contribution in [3.8, 4) is 0 Å². The third-order valence-electron chi connectivity index (χ3n) is 1.96. The number of nitrogens with one attached hydrogen (secondary N) is 1. The van der Waals surface area contributed by atoms with Crippen molar-refractivity contribution >= 4 is 24.9 Å². The first-order chi connectivity index (χ1) is 5.59. The molecular formula is C10H19NSn. The van der Waals surface area contributed by atoms with Crippen molar-refractivity contribution in [1.29, 1.82) is 5.41 Å². The van der Waals surface area contributed by atoms with Crippen LogP contribution in [0.25, 0.3) is 0 Å². The molecule has 0 saturated heterocycles. The molecule has 0 aromatic rings. The van der Waals surface area contributed by atoms with Gasteiger partial charge in [-0.3, -0.25) is 0 Å². The van der Waals surface area contributed by atoms with Crippen molar-refractivity contribution < 1.29 is 0 Å². The molecule has 0 fully saturated rings. The van der Waals surface area contributed by atoms with Crippen LogP contribution in [0, 0.1) is 5.41 Å². The van der Waals surface area contributed by atoms with E-state index in [1.165, 1.54) is 28.4 Å². The number of hydrogen-bond acceptors (Lipinski definition) is 1. The van der Waals surface area contributed by atoms with Crippen LogP contribution in [0.2, 0.25) is 4.44 Å². The van der Waals surface area contributed by atoms with Gasteiger partial charge in [-0.25, -0.2) is 0 Å². The molecule has 0 aromatic heterocycles. The minimum absolute atomic E-state index is 0.507. The van der Waals surface area contributed by atoms with Crippen molar-refractivity contribution in [2.75, 3.05) is 0 Å². The summed E-state index contributed by atoms with van der Waals surface area (Å²) in [6.45, 7) is 8.51. The van der Waals surface area contributed by atoms with Crippen molar-refractivity contribution in [2.24, 2.45) is 0 Å². The molecule has 0 aliphatic heterocycles. The summed E-state index contributed by atoms with van der Waals surface area (Å²) in [6, 6.07) is 0. The van der Waals surface area contributed by atoms with Gasteiger partial charge in [0.2, 0.25) is 0 Å². The predicted octanol–water partition coefficient (Wildman–Crippen LogP) is 3.24. The fourth-order valence-corrected chi connectivity index (χ4v) is 4.47. The van der Waals surface area contributed by atoms with E-state index in [0.29, 0.717) is 0 Å². The third-order valence-corrected chi connectivity index (χ3v) is 5.76. The first-order valence-electron chi connectivity index (χ1n) is 4.56. The van der Waals surface area contributed by atoms with E-state index < -0.39 is 21.1 Å². The molecule has 2 radical (unpaired) electrons. The molecule has 68 valence electrons. The Morgan fingerprint density at radius 2 is 1.83 bits per heavy atom. The van der Waals surface area contributed by atoms with Crippen molar-refractivity contribution in [1.82, 2.24) is 0 Å². The quantitative estimate of drug-likeness (QED) is 0.451. The Morgan fingerprint density at radius 3 is 2.25 bits per heavy atom. The predicted molar refractivity (Wildman–Crippen MR) is 57.2 cm³/mol. The van der Waals surface area contributed by atoms with E-state index in [2.05, 4.69) is 27.7 Å². The van der Waals surface area contributed by atoms with Crippen LogP contribution in [0.3, 0.4) is 0 Å². The normalized spacial score (nSPS) is 9.67. The molecule has 0 aliphatic rings. The molecule has 0 heterocycles. The van der Waals surface area contributed by atoms with Gasteiger partial charge in [-0.05, 0) is 0 Å². The topological polar surface area (TPSA) is 23.9 Å². The molecule has 1 nitrogen and oxygen atoms in total. The number of hydrogen-bond donors (Lipinski definition) is 1. The summed E-state index contributed by atoms with van der Waals surface area (Å²) < 4.78 is 2.33. The van der Waals surface area contributed by atoms with Gasteiger partial charge in [-0.2, -0.15) is 0 Å². The fraction of sp³-hybridized carbons (Fsp3) is 0.700. The van der Waals surface area contributed by atoms with Crippen LogP contribution in [0.1, 0.15) is 40.5 Å². The molecule has 0 saturated carbocycles. The monoisotopic (exact) mass is 273 g/mol. The van der Waals surface area contributed by atoms with E-state index in [1.807, 2.05) is 0 Å². The van der Waals surface area contributed by atoms with E-state index in [0.717, 1.165) is 3.73 Å². The first-order valence-corrected chi connectivity index (χ1v) is 8.01. The van der Waals surface area contributed by atoms with Crippen LogP contribution in [-0.4, -0.2) is 24.9 Å². The molecule has 2 heteroatoms. The van der Waals surface area contributed by atoms with Gasteiger partial charge in [0.15, 0.2) is 0 Å². The molecule has 0 aliphatic carbocycles. The van der Waals surface area contributed by atoms with Crippen molar-refractivity contribution in [2.45, 2.75) is 45.0 Å². The Morgan fingerprint density at radius 1 is 1.25 bits per heavy atom. The average Bonchev–Trinajstić information content (AvgIpc) is 2.03. The number of rotatable bonds is 5. The van der Waals surface area contributed by atoms with Crippen LogP contribution in [-0.2, 0) is 0 Å². The van der Waals surface area contributed by atoms with Gasteiger partial charge in [0.1, 0.15) is 0 Å². The van der Waals surface area contributed by atoms with E-state index in [-0.39, 0.29) is 0 Å². The molecule has 0 bridgehead atoms. The van der Waals surface area contributed by atoms with Gasteiger partial charge in [0.05, 0.1) is 0 Å². The molecule has 0 atom stereocenters. The van der Waals surface area contributed by atoms with E-state index in [4.69, 9.17) is 5.41 Å². The average molecular weight is 272 g/mol. The zero-order valence-electron chi connectivity index (χ0n) is 8.62. The Bertz CT molecular complexity index is 178. The molecule has 0 amide bonds. The number of allylic oxidation sites excluding steroid dienone is 2. The maximum atomic E-state index is 7.82. The Kier molecular flexibility index (Phi) is 6.81. The molecular weight excluding hydrogens is 253 g/mol. The van der Waals surface area contributed by atoms with Gasteiger partial charge >= 0.3 is 86.4 Å². The molecule has 0 spiro atoms. The SMILES string of the molecule is CCC[CH2][Sn][C](=N)C(C)=C(C)C. The second-order valence-corrected chi connectivity index (χ2v) is 7.14. The Labute approximate surface area is 86.4 Å². The summed E-state index contributed by atoms with van der Waals surface area (Å²) in [5.41, 5.74) is 2.56. The summed E-state index contributed by atoms with van der Waals surface area (Å²) in [5, 5.41) is 7.82. The second kappa shape index (κ2) is 6.70. The van der Waals surface area contributed by atoms with Gasteiger partial charge in [-0.1, -0.05) is 0 Å². The molecule has 0 rings (SSSR count). The fourth-order valence-electron chi connectivity index (χ4n) is 0.773. The standard InChI is InChI=1S/C6H10N.C4H9.Sn/c1-5(2)6(3)4-7;1-3-4-2;/h7H,1-3H3;1,3-4H2,2H3;. The van der Waals surface area contributed by atoms with Crippen LogP contribution in [0.15, 0.2) is 11.1 Å². The summed E-state index contributed by atoms with van der Waals surface area (Å²) in [4.78, 5) is 0. The van der Waals surface area contributed by atoms with E-state index in [9.17, 15) is 0 Å². The third kappa shape index (κ3) is 4.96. The first kappa shape index (κ1) is 12.2. The van der Waals surface area contributed by atoms with E-state index >= 15 is 0 Å². The van der Waals surface area contributed by atoms with Gasteiger partial charge in [-0.15, -0.1) is 0 Å². The van der Waals surface area contributed by atoms with Gasteiger partial charge in [0.25, 0.3) is 0 Å². The zero-order valence-corrected chi connectivity index (χ0v) is 11.5. The molecule has 0 aromatic carbocycles. The van der Waals surface area contributed by atoms with Gasteiger partial charge in [0, 0.05) is 0 Å². The van der Waals surface area contributed by atoms with Crippen LogP contribution >= 0.6 is 0 Å².